The number of hydrogen-bond acceptors (Lipinski definition) is 5. The maximum atomic E-state index is 5.88. The first-order valence-corrected chi connectivity index (χ1v) is 6.67. The predicted molar refractivity (Wildman–Crippen MR) is 76.7 cm³/mol. The lowest BCUT2D eigenvalue weighted by Crippen LogP contribution is -2.00. The molecule has 0 radical (unpaired) electrons. The summed E-state index contributed by atoms with van der Waals surface area (Å²) in [6.07, 6.45) is 2.04. The standard InChI is InChI=1S/C13H15N3OS/c1-17-12-7-6-11(14)13(16-12)15-9-4-3-5-10(8-9)18-2/h3-8H,14H2,1-2H3,(H,15,16). The highest BCUT2D eigenvalue weighted by Gasteiger charge is 2.04. The molecule has 2 aromatic rings. The third-order valence-electron chi connectivity index (χ3n) is 2.44. The number of hydrogen-bond donors (Lipinski definition) is 2. The highest BCUT2D eigenvalue weighted by molar-refractivity contribution is 7.98. The fourth-order valence-corrected chi connectivity index (χ4v) is 1.96. The van der Waals surface area contributed by atoms with E-state index in [4.69, 9.17) is 10.5 Å². The molecule has 0 saturated carbocycles. The van der Waals surface area contributed by atoms with E-state index in [0.717, 1.165) is 5.69 Å². The fraction of sp³-hybridized carbons (Fsp3) is 0.154. The zero-order valence-electron chi connectivity index (χ0n) is 10.3. The molecule has 3 N–H and O–H groups in total. The van der Waals surface area contributed by atoms with Gasteiger partial charge in [0.2, 0.25) is 5.88 Å². The average Bonchev–Trinajstić information content (AvgIpc) is 2.41. The number of methoxy groups -OCH3 is 1. The Morgan fingerprint density at radius 1 is 1.28 bits per heavy atom. The van der Waals surface area contributed by atoms with Crippen LogP contribution in [0.5, 0.6) is 5.88 Å². The second-order valence-corrected chi connectivity index (χ2v) is 4.53. The van der Waals surface area contributed by atoms with Gasteiger partial charge in [-0.3, -0.25) is 0 Å². The van der Waals surface area contributed by atoms with E-state index in [1.54, 1.807) is 31.0 Å². The molecular weight excluding hydrogens is 246 g/mol. The topological polar surface area (TPSA) is 60.2 Å². The molecule has 0 aliphatic rings. The van der Waals surface area contributed by atoms with E-state index < -0.39 is 0 Å². The first-order chi connectivity index (χ1) is 8.72. The van der Waals surface area contributed by atoms with Crippen LogP contribution in [0.3, 0.4) is 0 Å². The molecule has 0 aliphatic carbocycles. The van der Waals surface area contributed by atoms with Gasteiger partial charge in [-0.05, 0) is 30.5 Å². The number of nitrogens with two attached hydrogens (primary N) is 1. The van der Waals surface area contributed by atoms with Gasteiger partial charge in [0.1, 0.15) is 0 Å². The molecule has 0 atom stereocenters. The van der Waals surface area contributed by atoms with Gasteiger partial charge in [-0.15, -0.1) is 11.8 Å². The molecule has 1 aromatic carbocycles. The number of nitrogens with one attached hydrogen (secondary N) is 1. The molecule has 0 fully saturated rings. The zero-order valence-corrected chi connectivity index (χ0v) is 11.1. The highest BCUT2D eigenvalue weighted by atomic mass is 32.2. The monoisotopic (exact) mass is 261 g/mol. The molecule has 18 heavy (non-hydrogen) atoms. The molecule has 0 amide bonds. The van der Waals surface area contributed by atoms with Crippen molar-refractivity contribution >= 4 is 29.0 Å². The Labute approximate surface area is 111 Å². The van der Waals surface area contributed by atoms with E-state index >= 15 is 0 Å². The molecule has 0 aliphatic heterocycles. The van der Waals surface area contributed by atoms with Crippen molar-refractivity contribution in [3.63, 3.8) is 0 Å². The van der Waals surface area contributed by atoms with Gasteiger partial charge in [-0.2, -0.15) is 4.98 Å². The maximum Gasteiger partial charge on any atom is 0.215 e. The van der Waals surface area contributed by atoms with Crippen LogP contribution in [0, 0.1) is 0 Å². The molecular formula is C13H15N3OS. The number of benzene rings is 1. The molecule has 0 spiro atoms. The van der Waals surface area contributed by atoms with Crippen molar-refractivity contribution in [1.29, 1.82) is 0 Å². The molecule has 94 valence electrons. The van der Waals surface area contributed by atoms with Crippen LogP contribution in [0.1, 0.15) is 0 Å². The summed E-state index contributed by atoms with van der Waals surface area (Å²) < 4.78 is 5.08. The lowest BCUT2D eigenvalue weighted by atomic mass is 10.3. The number of pyridine rings is 1. The van der Waals surface area contributed by atoms with Gasteiger partial charge < -0.3 is 15.8 Å². The summed E-state index contributed by atoms with van der Waals surface area (Å²) >= 11 is 1.69. The van der Waals surface area contributed by atoms with Gasteiger partial charge in [0.05, 0.1) is 12.8 Å². The number of rotatable bonds is 4. The van der Waals surface area contributed by atoms with E-state index in [1.165, 1.54) is 4.90 Å². The van der Waals surface area contributed by atoms with Gasteiger partial charge in [-0.1, -0.05) is 6.07 Å². The summed E-state index contributed by atoms with van der Waals surface area (Å²) in [4.78, 5) is 5.46. The molecule has 4 nitrogen and oxygen atoms in total. The van der Waals surface area contributed by atoms with Gasteiger partial charge in [0.25, 0.3) is 0 Å². The molecule has 1 heterocycles. The van der Waals surface area contributed by atoms with Crippen molar-refractivity contribution in [3.8, 4) is 5.88 Å². The molecule has 5 heteroatoms. The number of nitrogens with zero attached hydrogens (tertiary/aromatic N) is 1. The number of thioether (sulfide) groups is 1. The summed E-state index contributed by atoms with van der Waals surface area (Å²) in [7, 11) is 1.58. The Morgan fingerprint density at radius 3 is 2.83 bits per heavy atom. The van der Waals surface area contributed by atoms with Crippen molar-refractivity contribution in [3.05, 3.63) is 36.4 Å². The number of ether oxygens (including phenoxy) is 1. The Kier molecular flexibility index (Phi) is 3.94. The van der Waals surface area contributed by atoms with Gasteiger partial charge in [-0.25, -0.2) is 0 Å². The van der Waals surface area contributed by atoms with E-state index in [2.05, 4.69) is 16.4 Å². The van der Waals surface area contributed by atoms with E-state index in [0.29, 0.717) is 17.4 Å². The van der Waals surface area contributed by atoms with Crippen molar-refractivity contribution in [1.82, 2.24) is 4.98 Å². The Morgan fingerprint density at radius 2 is 2.11 bits per heavy atom. The fourth-order valence-electron chi connectivity index (χ4n) is 1.50. The Hall–Kier alpha value is -1.88. The summed E-state index contributed by atoms with van der Waals surface area (Å²) in [5.41, 5.74) is 7.42. The Bertz CT molecular complexity index is 546. The normalized spacial score (nSPS) is 10.1. The molecule has 1 aromatic heterocycles. The van der Waals surface area contributed by atoms with Crippen LogP contribution >= 0.6 is 11.8 Å². The van der Waals surface area contributed by atoms with Crippen LogP contribution in [0.4, 0.5) is 17.2 Å². The van der Waals surface area contributed by atoms with Crippen LogP contribution in [-0.2, 0) is 0 Å². The average molecular weight is 261 g/mol. The van der Waals surface area contributed by atoms with Crippen LogP contribution in [0.2, 0.25) is 0 Å². The largest absolute Gasteiger partial charge is 0.481 e. The smallest absolute Gasteiger partial charge is 0.215 e. The van der Waals surface area contributed by atoms with E-state index in [1.807, 2.05) is 24.5 Å². The van der Waals surface area contributed by atoms with Crippen molar-refractivity contribution in [2.24, 2.45) is 0 Å². The zero-order chi connectivity index (χ0) is 13.0. The number of anilines is 3. The number of nitrogen functional groups attached to an aromatic ring is 1. The molecule has 0 saturated heterocycles. The minimum atomic E-state index is 0.535. The van der Waals surface area contributed by atoms with E-state index in [9.17, 15) is 0 Å². The van der Waals surface area contributed by atoms with Gasteiger partial charge >= 0.3 is 0 Å². The minimum Gasteiger partial charge on any atom is -0.481 e. The minimum absolute atomic E-state index is 0.535. The predicted octanol–water partition coefficient (Wildman–Crippen LogP) is 3.14. The number of aromatic nitrogens is 1. The first-order valence-electron chi connectivity index (χ1n) is 5.44. The molecule has 0 unspecified atom stereocenters. The van der Waals surface area contributed by atoms with E-state index in [-0.39, 0.29) is 0 Å². The second-order valence-electron chi connectivity index (χ2n) is 3.65. The second kappa shape index (κ2) is 5.64. The van der Waals surface area contributed by atoms with Crippen molar-refractivity contribution < 1.29 is 4.74 Å². The Balaban J connectivity index is 2.27. The summed E-state index contributed by atoms with van der Waals surface area (Å²) in [5, 5.41) is 3.19. The van der Waals surface area contributed by atoms with Crippen LogP contribution < -0.4 is 15.8 Å². The molecule has 2 rings (SSSR count). The van der Waals surface area contributed by atoms with Crippen LogP contribution in [0.15, 0.2) is 41.3 Å². The molecule has 0 bridgehead atoms. The van der Waals surface area contributed by atoms with Gasteiger partial charge in [0, 0.05) is 16.6 Å². The van der Waals surface area contributed by atoms with Crippen LogP contribution in [-0.4, -0.2) is 18.3 Å². The third kappa shape index (κ3) is 2.87. The third-order valence-corrected chi connectivity index (χ3v) is 3.17. The summed E-state index contributed by atoms with van der Waals surface area (Å²) in [6, 6.07) is 11.6. The summed E-state index contributed by atoms with van der Waals surface area (Å²) in [5.74, 6) is 1.14. The summed E-state index contributed by atoms with van der Waals surface area (Å²) in [6.45, 7) is 0. The van der Waals surface area contributed by atoms with Gasteiger partial charge in [0.15, 0.2) is 5.82 Å². The first kappa shape index (κ1) is 12.6. The van der Waals surface area contributed by atoms with Crippen molar-refractivity contribution in [2.45, 2.75) is 4.90 Å². The lowest BCUT2D eigenvalue weighted by molar-refractivity contribution is 0.398. The van der Waals surface area contributed by atoms with Crippen LogP contribution in [0.25, 0.3) is 0 Å². The van der Waals surface area contributed by atoms with Crippen molar-refractivity contribution in [2.75, 3.05) is 24.4 Å². The lowest BCUT2D eigenvalue weighted by Gasteiger charge is -2.10. The SMILES string of the molecule is COc1ccc(N)c(Nc2cccc(SC)c2)n1. The quantitative estimate of drug-likeness (QED) is 0.828. The maximum absolute atomic E-state index is 5.88. The highest BCUT2D eigenvalue weighted by Crippen LogP contribution is 2.26.